The summed E-state index contributed by atoms with van der Waals surface area (Å²) in [7, 11) is 0. The van der Waals surface area contributed by atoms with Gasteiger partial charge in [0.1, 0.15) is 0 Å². The minimum absolute atomic E-state index is 0.435. The van der Waals surface area contributed by atoms with Gasteiger partial charge in [-0.1, -0.05) is 5.11 Å². The summed E-state index contributed by atoms with van der Waals surface area (Å²) >= 11 is 0. The van der Waals surface area contributed by atoms with Crippen molar-refractivity contribution < 1.29 is 27.9 Å². The van der Waals surface area contributed by atoms with Crippen molar-refractivity contribution in [2.45, 2.75) is 13.1 Å². The molecule has 0 atom stereocenters. The zero-order chi connectivity index (χ0) is 11.4. The highest BCUT2D eigenvalue weighted by molar-refractivity contribution is 5.97. The Morgan fingerprint density at radius 2 is 1.79 bits per heavy atom. The summed E-state index contributed by atoms with van der Waals surface area (Å²) in [4.78, 5) is 22.2. The maximum atomic E-state index is 10.6. The number of hydrogen-bond acceptors (Lipinski definition) is 3. The number of carbonyl (C=O) groups excluding carboxylic acids is 1. The quantitative estimate of drug-likeness (QED) is 0.659. The van der Waals surface area contributed by atoms with E-state index >= 15 is 0 Å². The number of azo groups is 1. The van der Waals surface area contributed by atoms with Crippen molar-refractivity contribution in [3.63, 3.8) is 0 Å². The maximum absolute atomic E-state index is 10.6. The van der Waals surface area contributed by atoms with E-state index in [2.05, 4.69) is 15.2 Å². The summed E-state index contributed by atoms with van der Waals surface area (Å²) in [6, 6.07) is -0.502. The molecule has 6 nitrogen and oxygen atoms in total. The number of carbonyl (C=O) groups is 2. The average Bonchev–Trinajstić information content (AvgIpc) is 2.33. The first-order valence-electron chi connectivity index (χ1n) is 3.04. The highest BCUT2D eigenvalue weighted by Crippen LogP contribution is 2.13. The minimum atomic E-state index is -5.08. The standard InChI is InChI=1S/C3H3N3O.C2HF3O2/c1-2-4-3(7)6-5-2;3-2(4,5)1(6)7/h1H3;(H,6,7). The van der Waals surface area contributed by atoms with Gasteiger partial charge in [-0.3, -0.25) is 0 Å². The summed E-state index contributed by atoms with van der Waals surface area (Å²) in [5.41, 5.74) is 0. The molecule has 0 radical (unpaired) electrons. The second kappa shape index (κ2) is 4.44. The monoisotopic (exact) mass is 211 g/mol. The van der Waals surface area contributed by atoms with E-state index in [4.69, 9.17) is 9.90 Å². The van der Waals surface area contributed by atoms with E-state index in [-0.39, 0.29) is 0 Å². The van der Waals surface area contributed by atoms with Crippen LogP contribution in [0.25, 0.3) is 0 Å². The molecular formula is C5H4F3N3O3. The van der Waals surface area contributed by atoms with E-state index in [1.54, 1.807) is 6.92 Å². The molecule has 0 aromatic rings. The average molecular weight is 211 g/mol. The Labute approximate surface area is 75.2 Å². The smallest absolute Gasteiger partial charge is 0.475 e. The lowest BCUT2D eigenvalue weighted by Gasteiger charge is -1.93. The molecule has 78 valence electrons. The molecule has 0 unspecified atom stereocenters. The van der Waals surface area contributed by atoms with Crippen LogP contribution in [-0.4, -0.2) is 29.1 Å². The second-order valence-electron chi connectivity index (χ2n) is 1.94. The number of halogens is 3. The zero-order valence-corrected chi connectivity index (χ0v) is 6.74. The van der Waals surface area contributed by atoms with Crippen LogP contribution < -0.4 is 0 Å². The van der Waals surface area contributed by atoms with Gasteiger partial charge in [-0.2, -0.15) is 18.2 Å². The van der Waals surface area contributed by atoms with Crippen LogP contribution in [0.1, 0.15) is 6.92 Å². The lowest BCUT2D eigenvalue weighted by atomic mass is 10.7. The topological polar surface area (TPSA) is 91.5 Å². The van der Waals surface area contributed by atoms with Crippen LogP contribution in [0.4, 0.5) is 18.0 Å². The van der Waals surface area contributed by atoms with Crippen LogP contribution in [0.3, 0.4) is 0 Å². The van der Waals surface area contributed by atoms with Gasteiger partial charge in [-0.15, -0.1) is 5.11 Å². The van der Waals surface area contributed by atoms with Crippen molar-refractivity contribution >= 4 is 17.8 Å². The van der Waals surface area contributed by atoms with Crippen molar-refractivity contribution in [3.05, 3.63) is 0 Å². The van der Waals surface area contributed by atoms with Gasteiger partial charge in [0, 0.05) is 0 Å². The lowest BCUT2D eigenvalue weighted by molar-refractivity contribution is -0.192. The molecule has 1 aliphatic rings. The SMILES string of the molecule is CC1=NC(=O)N=N1.O=C(O)C(F)(F)F. The normalized spacial score (nSPS) is 14.6. The molecule has 0 bridgehead atoms. The number of carboxylic acids is 1. The Morgan fingerprint density at radius 3 is 1.86 bits per heavy atom. The highest BCUT2D eigenvalue weighted by atomic mass is 19.4. The molecule has 9 heteroatoms. The predicted octanol–water partition coefficient (Wildman–Crippen LogP) is 1.62. The van der Waals surface area contributed by atoms with Gasteiger partial charge in [0.05, 0.1) is 0 Å². The first kappa shape index (κ1) is 12.2. The van der Waals surface area contributed by atoms with Crippen molar-refractivity contribution in [3.8, 4) is 0 Å². The molecular weight excluding hydrogens is 207 g/mol. The van der Waals surface area contributed by atoms with Crippen molar-refractivity contribution in [1.29, 1.82) is 0 Å². The van der Waals surface area contributed by atoms with Gasteiger partial charge in [0.25, 0.3) is 0 Å². The van der Waals surface area contributed by atoms with E-state index in [0.717, 1.165) is 0 Å². The fraction of sp³-hybridized carbons (Fsp3) is 0.400. The fourth-order valence-corrected chi connectivity index (χ4v) is 0.298. The number of alkyl halides is 3. The molecule has 1 aliphatic heterocycles. The lowest BCUT2D eigenvalue weighted by Crippen LogP contribution is -2.21. The van der Waals surface area contributed by atoms with E-state index in [1.807, 2.05) is 0 Å². The summed E-state index contributed by atoms with van der Waals surface area (Å²) in [5.74, 6) is -2.32. The molecule has 0 aromatic heterocycles. The predicted molar refractivity (Wildman–Crippen MR) is 37.1 cm³/mol. The molecule has 0 aliphatic carbocycles. The Kier molecular flexibility index (Phi) is 3.87. The highest BCUT2D eigenvalue weighted by Gasteiger charge is 2.38. The Balaban J connectivity index is 0.000000241. The van der Waals surface area contributed by atoms with Gasteiger partial charge >= 0.3 is 18.2 Å². The number of carboxylic acid groups (broad SMARTS) is 1. The second-order valence-corrected chi connectivity index (χ2v) is 1.94. The third-order valence-corrected chi connectivity index (χ3v) is 0.780. The van der Waals surface area contributed by atoms with Crippen LogP contribution in [-0.2, 0) is 4.79 Å². The third-order valence-electron chi connectivity index (χ3n) is 0.780. The number of nitrogens with zero attached hydrogens (tertiary/aromatic N) is 3. The number of aliphatic imine (C=N–C) groups is 1. The molecule has 1 rings (SSSR count). The van der Waals surface area contributed by atoms with Crippen LogP contribution in [0.5, 0.6) is 0 Å². The Bertz CT molecular complexity index is 307. The van der Waals surface area contributed by atoms with Crippen molar-refractivity contribution in [1.82, 2.24) is 0 Å². The Morgan fingerprint density at radius 1 is 1.36 bits per heavy atom. The summed E-state index contributed by atoms with van der Waals surface area (Å²) in [6.45, 7) is 1.62. The number of aliphatic carboxylic acids is 1. The number of hydrogen-bond donors (Lipinski definition) is 1. The number of rotatable bonds is 0. The number of amidine groups is 1. The minimum Gasteiger partial charge on any atom is -0.475 e. The van der Waals surface area contributed by atoms with E-state index in [0.29, 0.717) is 5.84 Å². The van der Waals surface area contributed by atoms with E-state index < -0.39 is 18.2 Å². The van der Waals surface area contributed by atoms with Crippen LogP contribution >= 0.6 is 0 Å². The van der Waals surface area contributed by atoms with E-state index in [1.165, 1.54) is 0 Å². The van der Waals surface area contributed by atoms with E-state index in [9.17, 15) is 18.0 Å². The molecule has 0 saturated carbocycles. The summed E-state index contributed by atoms with van der Waals surface area (Å²) in [5, 5.41) is 13.6. The molecule has 14 heavy (non-hydrogen) atoms. The first-order valence-corrected chi connectivity index (χ1v) is 3.04. The molecule has 0 aromatic carbocycles. The van der Waals surface area contributed by atoms with Crippen LogP contribution in [0.15, 0.2) is 15.2 Å². The van der Waals surface area contributed by atoms with Gasteiger partial charge in [0.2, 0.25) is 0 Å². The van der Waals surface area contributed by atoms with Crippen LogP contribution in [0, 0.1) is 0 Å². The summed E-state index contributed by atoms with van der Waals surface area (Å²) < 4.78 is 31.7. The fourth-order valence-electron chi connectivity index (χ4n) is 0.298. The molecule has 0 saturated heterocycles. The van der Waals surface area contributed by atoms with Gasteiger partial charge in [0.15, 0.2) is 5.84 Å². The van der Waals surface area contributed by atoms with Crippen LogP contribution in [0.2, 0.25) is 0 Å². The Hall–Kier alpha value is -1.80. The molecule has 0 spiro atoms. The molecule has 0 fully saturated rings. The largest absolute Gasteiger partial charge is 0.490 e. The van der Waals surface area contributed by atoms with Gasteiger partial charge < -0.3 is 5.11 Å². The van der Waals surface area contributed by atoms with Crippen molar-refractivity contribution in [2.24, 2.45) is 15.2 Å². The zero-order valence-electron chi connectivity index (χ0n) is 6.74. The molecule has 1 heterocycles. The third kappa shape index (κ3) is 4.95. The van der Waals surface area contributed by atoms with Gasteiger partial charge in [-0.05, 0) is 6.92 Å². The number of urea groups is 1. The summed E-state index contributed by atoms with van der Waals surface area (Å²) in [6.07, 6.45) is -5.08. The van der Waals surface area contributed by atoms with Gasteiger partial charge in [-0.25, -0.2) is 9.59 Å². The van der Waals surface area contributed by atoms with Crippen molar-refractivity contribution in [2.75, 3.05) is 0 Å². The first-order chi connectivity index (χ1) is 6.23. The number of amides is 2. The molecule has 1 N–H and O–H groups in total. The maximum Gasteiger partial charge on any atom is 0.490 e. The molecule has 2 amide bonds.